The van der Waals surface area contributed by atoms with Gasteiger partial charge < -0.3 is 10.1 Å². The highest BCUT2D eigenvalue weighted by atomic mass is 19.1. The molecule has 110 valence electrons. The zero-order valence-electron chi connectivity index (χ0n) is 11.5. The minimum Gasteiger partial charge on any atom is -0.492 e. The van der Waals surface area contributed by atoms with Crippen LogP contribution in [0.2, 0.25) is 0 Å². The second-order valence-electron chi connectivity index (χ2n) is 4.44. The van der Waals surface area contributed by atoms with E-state index in [0.717, 1.165) is 5.69 Å². The molecule has 0 amide bonds. The van der Waals surface area contributed by atoms with E-state index in [1.54, 1.807) is 31.2 Å². The van der Waals surface area contributed by atoms with E-state index in [1.807, 2.05) is 0 Å². The Bertz CT molecular complexity index is 629. The standard InChI is InChI=1S/C15H15FN2O3/c1-11-14(16)3-2-4-15(11)17-9-10-21-13-7-5-12(6-8-13)18(19)20/h2-8,17H,9-10H2,1H3. The fraction of sp³-hybridized carbons (Fsp3) is 0.200. The quantitative estimate of drug-likeness (QED) is 0.502. The molecule has 2 rings (SSSR count). The second kappa shape index (κ2) is 6.69. The van der Waals surface area contributed by atoms with Gasteiger partial charge in [-0.3, -0.25) is 10.1 Å². The van der Waals surface area contributed by atoms with Crippen LogP contribution in [-0.2, 0) is 0 Å². The molecule has 0 aliphatic carbocycles. The maximum Gasteiger partial charge on any atom is 0.269 e. The van der Waals surface area contributed by atoms with Gasteiger partial charge in [0, 0.05) is 29.9 Å². The molecule has 2 aromatic carbocycles. The Balaban J connectivity index is 1.82. The normalized spacial score (nSPS) is 10.2. The van der Waals surface area contributed by atoms with Crippen LogP contribution in [-0.4, -0.2) is 18.1 Å². The SMILES string of the molecule is Cc1c(F)cccc1NCCOc1ccc([N+](=O)[O-])cc1. The summed E-state index contributed by atoms with van der Waals surface area (Å²) in [5.41, 5.74) is 1.31. The number of non-ortho nitro benzene ring substituents is 1. The zero-order chi connectivity index (χ0) is 15.2. The van der Waals surface area contributed by atoms with Gasteiger partial charge in [0.2, 0.25) is 0 Å². The van der Waals surface area contributed by atoms with E-state index < -0.39 is 4.92 Å². The van der Waals surface area contributed by atoms with Crippen molar-refractivity contribution in [1.29, 1.82) is 0 Å². The summed E-state index contributed by atoms with van der Waals surface area (Å²) in [5, 5.41) is 13.6. The van der Waals surface area contributed by atoms with E-state index >= 15 is 0 Å². The number of nitrogens with zero attached hydrogens (tertiary/aromatic N) is 1. The molecule has 0 saturated carbocycles. The summed E-state index contributed by atoms with van der Waals surface area (Å²) < 4.78 is 18.8. The molecule has 0 aliphatic heterocycles. The number of ether oxygens (including phenoxy) is 1. The Morgan fingerprint density at radius 3 is 2.62 bits per heavy atom. The number of halogens is 1. The van der Waals surface area contributed by atoms with Crippen molar-refractivity contribution in [3.8, 4) is 5.75 Å². The van der Waals surface area contributed by atoms with Crippen LogP contribution in [0.25, 0.3) is 0 Å². The maximum absolute atomic E-state index is 13.3. The van der Waals surface area contributed by atoms with Crippen molar-refractivity contribution in [2.75, 3.05) is 18.5 Å². The van der Waals surface area contributed by atoms with Crippen LogP contribution in [0.4, 0.5) is 15.8 Å². The summed E-state index contributed by atoms with van der Waals surface area (Å²) in [6.45, 7) is 2.57. The first kappa shape index (κ1) is 14.8. The van der Waals surface area contributed by atoms with Crippen LogP contribution in [0.5, 0.6) is 5.75 Å². The number of rotatable bonds is 6. The van der Waals surface area contributed by atoms with Crippen LogP contribution in [0, 0.1) is 22.9 Å². The molecule has 0 spiro atoms. The van der Waals surface area contributed by atoms with Crippen molar-refractivity contribution in [2.45, 2.75) is 6.92 Å². The summed E-state index contributed by atoms with van der Waals surface area (Å²) in [6, 6.07) is 10.7. The molecule has 6 heteroatoms. The minimum absolute atomic E-state index is 0.0239. The number of nitro benzene ring substituents is 1. The van der Waals surface area contributed by atoms with Gasteiger partial charge in [-0.15, -0.1) is 0 Å². The van der Waals surface area contributed by atoms with E-state index in [0.29, 0.717) is 24.5 Å². The third kappa shape index (κ3) is 3.92. The van der Waals surface area contributed by atoms with Crippen molar-refractivity contribution in [1.82, 2.24) is 0 Å². The molecule has 0 aliphatic rings. The lowest BCUT2D eigenvalue weighted by molar-refractivity contribution is -0.384. The first-order chi connectivity index (χ1) is 10.1. The van der Waals surface area contributed by atoms with Gasteiger partial charge >= 0.3 is 0 Å². The molecule has 0 atom stereocenters. The van der Waals surface area contributed by atoms with Crippen molar-refractivity contribution in [3.63, 3.8) is 0 Å². The average molecular weight is 290 g/mol. The molecule has 2 aromatic rings. The van der Waals surface area contributed by atoms with Gasteiger partial charge in [-0.05, 0) is 31.2 Å². The van der Waals surface area contributed by atoms with Crippen LogP contribution >= 0.6 is 0 Å². The minimum atomic E-state index is -0.460. The number of benzene rings is 2. The summed E-state index contributed by atoms with van der Waals surface area (Å²) in [7, 11) is 0. The fourth-order valence-electron chi connectivity index (χ4n) is 1.82. The van der Waals surface area contributed by atoms with Gasteiger partial charge in [0.15, 0.2) is 0 Å². The largest absolute Gasteiger partial charge is 0.492 e. The highest BCUT2D eigenvalue weighted by Gasteiger charge is 2.05. The lowest BCUT2D eigenvalue weighted by atomic mass is 10.2. The van der Waals surface area contributed by atoms with Gasteiger partial charge in [0.05, 0.1) is 4.92 Å². The molecule has 0 unspecified atom stereocenters. The summed E-state index contributed by atoms with van der Waals surface area (Å²) in [5.74, 6) is 0.301. The monoisotopic (exact) mass is 290 g/mol. The predicted molar refractivity (Wildman–Crippen MR) is 78.2 cm³/mol. The van der Waals surface area contributed by atoms with Crippen LogP contribution < -0.4 is 10.1 Å². The lowest BCUT2D eigenvalue weighted by Gasteiger charge is -2.11. The van der Waals surface area contributed by atoms with E-state index in [4.69, 9.17) is 4.74 Å². The molecule has 1 N–H and O–H groups in total. The topological polar surface area (TPSA) is 64.4 Å². The highest BCUT2D eigenvalue weighted by molar-refractivity contribution is 5.50. The molecule has 0 bridgehead atoms. The Hall–Kier alpha value is -2.63. The van der Waals surface area contributed by atoms with E-state index in [1.165, 1.54) is 18.2 Å². The Morgan fingerprint density at radius 1 is 1.24 bits per heavy atom. The Morgan fingerprint density at radius 2 is 1.95 bits per heavy atom. The van der Waals surface area contributed by atoms with Crippen molar-refractivity contribution < 1.29 is 14.1 Å². The van der Waals surface area contributed by atoms with Crippen molar-refractivity contribution >= 4 is 11.4 Å². The van der Waals surface area contributed by atoms with Crippen molar-refractivity contribution in [2.24, 2.45) is 0 Å². The van der Waals surface area contributed by atoms with Crippen LogP contribution in [0.3, 0.4) is 0 Å². The number of nitro groups is 1. The van der Waals surface area contributed by atoms with Gasteiger partial charge in [0.25, 0.3) is 5.69 Å². The number of hydrogen-bond donors (Lipinski definition) is 1. The highest BCUT2D eigenvalue weighted by Crippen LogP contribution is 2.18. The number of anilines is 1. The molecule has 21 heavy (non-hydrogen) atoms. The van der Waals surface area contributed by atoms with Crippen LogP contribution in [0.15, 0.2) is 42.5 Å². The van der Waals surface area contributed by atoms with E-state index in [2.05, 4.69) is 5.32 Å². The number of hydrogen-bond acceptors (Lipinski definition) is 4. The van der Waals surface area contributed by atoms with Crippen molar-refractivity contribution in [3.05, 3.63) is 64.0 Å². The van der Waals surface area contributed by atoms with Gasteiger partial charge in [-0.2, -0.15) is 0 Å². The predicted octanol–water partition coefficient (Wildman–Crippen LogP) is 3.53. The average Bonchev–Trinajstić information content (AvgIpc) is 2.48. The molecule has 0 heterocycles. The summed E-state index contributed by atoms with van der Waals surface area (Å²) in [6.07, 6.45) is 0. The molecule has 0 radical (unpaired) electrons. The molecule has 5 nitrogen and oxygen atoms in total. The second-order valence-corrected chi connectivity index (χ2v) is 4.44. The molecule has 0 saturated heterocycles. The van der Waals surface area contributed by atoms with Gasteiger partial charge in [-0.25, -0.2) is 4.39 Å². The smallest absolute Gasteiger partial charge is 0.269 e. The zero-order valence-corrected chi connectivity index (χ0v) is 11.5. The molecule has 0 aromatic heterocycles. The molecule has 0 fully saturated rings. The summed E-state index contributed by atoms with van der Waals surface area (Å²) in [4.78, 5) is 10.1. The Kier molecular flexibility index (Phi) is 4.71. The first-order valence-corrected chi connectivity index (χ1v) is 6.44. The number of nitrogens with one attached hydrogen (secondary N) is 1. The first-order valence-electron chi connectivity index (χ1n) is 6.44. The fourth-order valence-corrected chi connectivity index (χ4v) is 1.82. The molecular weight excluding hydrogens is 275 g/mol. The van der Waals surface area contributed by atoms with Gasteiger partial charge in [-0.1, -0.05) is 6.07 Å². The lowest BCUT2D eigenvalue weighted by Crippen LogP contribution is -2.12. The maximum atomic E-state index is 13.3. The van der Waals surface area contributed by atoms with Crippen LogP contribution in [0.1, 0.15) is 5.56 Å². The van der Waals surface area contributed by atoms with E-state index in [-0.39, 0.29) is 11.5 Å². The third-order valence-electron chi connectivity index (χ3n) is 3.00. The molecular formula is C15H15FN2O3. The Labute approximate surface area is 121 Å². The van der Waals surface area contributed by atoms with Gasteiger partial charge in [0.1, 0.15) is 18.2 Å². The van der Waals surface area contributed by atoms with E-state index in [9.17, 15) is 14.5 Å². The summed E-state index contributed by atoms with van der Waals surface area (Å²) >= 11 is 0. The third-order valence-corrected chi connectivity index (χ3v) is 3.00.